The van der Waals surface area contributed by atoms with Gasteiger partial charge in [-0.15, -0.1) is 0 Å². The second-order valence-electron chi connectivity index (χ2n) is 7.17. The van der Waals surface area contributed by atoms with Gasteiger partial charge < -0.3 is 5.32 Å². The zero-order chi connectivity index (χ0) is 19.0. The van der Waals surface area contributed by atoms with E-state index in [0.29, 0.717) is 0 Å². The van der Waals surface area contributed by atoms with Crippen molar-refractivity contribution in [2.75, 3.05) is 5.32 Å². The quantitative estimate of drug-likeness (QED) is 0.614. The Kier molecular flexibility index (Phi) is 4.36. The summed E-state index contributed by atoms with van der Waals surface area (Å²) in [6.45, 7) is 8.37. The molecule has 0 saturated heterocycles. The van der Waals surface area contributed by atoms with Gasteiger partial charge in [0.2, 0.25) is 0 Å². The average molecular weight is 353 g/mol. The van der Waals surface area contributed by atoms with Crippen LogP contribution in [0.25, 0.3) is 0 Å². The van der Waals surface area contributed by atoms with E-state index in [2.05, 4.69) is 81.5 Å². The van der Waals surface area contributed by atoms with Crippen LogP contribution in [0.15, 0.2) is 70.6 Å². The second kappa shape index (κ2) is 6.84. The van der Waals surface area contributed by atoms with E-state index >= 15 is 0 Å². The summed E-state index contributed by atoms with van der Waals surface area (Å²) in [6.07, 6.45) is 0. The molecule has 1 N–H and O–H groups in total. The Morgan fingerprint density at radius 3 is 2.19 bits per heavy atom. The highest BCUT2D eigenvalue weighted by Crippen LogP contribution is 2.27. The largest absolute Gasteiger partial charge is 0.339 e. The van der Waals surface area contributed by atoms with Gasteiger partial charge in [-0.3, -0.25) is 0 Å². The molecule has 0 atom stereocenters. The van der Waals surface area contributed by atoms with E-state index in [1.165, 1.54) is 16.7 Å². The number of rotatable bonds is 2. The normalized spacial score (nSPS) is 14.2. The van der Waals surface area contributed by atoms with E-state index in [4.69, 9.17) is 9.98 Å². The molecule has 0 saturated carbocycles. The summed E-state index contributed by atoms with van der Waals surface area (Å²) in [6, 6.07) is 21.0. The second-order valence-corrected chi connectivity index (χ2v) is 7.17. The van der Waals surface area contributed by atoms with Crippen LogP contribution in [0.2, 0.25) is 0 Å². The molecule has 0 radical (unpaired) electrons. The SMILES string of the molecule is Cc1ccc(C)c(N=C2N=C(Nc3cc(C)ccc3C)c3ccccc32)c1. The Bertz CT molecular complexity index is 1090. The van der Waals surface area contributed by atoms with Crippen LogP contribution < -0.4 is 5.32 Å². The molecule has 27 heavy (non-hydrogen) atoms. The molecule has 4 rings (SSSR count). The van der Waals surface area contributed by atoms with Crippen molar-refractivity contribution in [3.8, 4) is 0 Å². The monoisotopic (exact) mass is 353 g/mol. The fourth-order valence-electron chi connectivity index (χ4n) is 3.24. The van der Waals surface area contributed by atoms with Gasteiger partial charge in [0.25, 0.3) is 0 Å². The number of aliphatic imine (C=N–C) groups is 2. The van der Waals surface area contributed by atoms with Crippen molar-refractivity contribution < 1.29 is 0 Å². The Labute approximate surface area is 160 Å². The number of hydrogen-bond acceptors (Lipinski definition) is 2. The van der Waals surface area contributed by atoms with Crippen LogP contribution in [0, 0.1) is 27.7 Å². The molecule has 0 amide bonds. The van der Waals surface area contributed by atoms with Crippen LogP contribution in [0.3, 0.4) is 0 Å². The van der Waals surface area contributed by atoms with Crippen molar-refractivity contribution in [2.24, 2.45) is 9.98 Å². The highest BCUT2D eigenvalue weighted by molar-refractivity contribution is 6.26. The van der Waals surface area contributed by atoms with Crippen LogP contribution in [0.1, 0.15) is 33.4 Å². The Morgan fingerprint density at radius 2 is 1.41 bits per heavy atom. The Morgan fingerprint density at radius 1 is 0.741 bits per heavy atom. The van der Waals surface area contributed by atoms with Crippen molar-refractivity contribution in [1.29, 1.82) is 0 Å². The molecule has 3 heteroatoms. The summed E-state index contributed by atoms with van der Waals surface area (Å²) in [5, 5.41) is 3.52. The number of nitrogens with one attached hydrogen (secondary N) is 1. The topological polar surface area (TPSA) is 36.8 Å². The van der Waals surface area contributed by atoms with Crippen molar-refractivity contribution >= 4 is 23.0 Å². The molecule has 134 valence electrons. The first kappa shape index (κ1) is 17.2. The van der Waals surface area contributed by atoms with E-state index in [0.717, 1.165) is 39.7 Å². The first-order chi connectivity index (χ1) is 13.0. The van der Waals surface area contributed by atoms with E-state index in [-0.39, 0.29) is 0 Å². The van der Waals surface area contributed by atoms with Gasteiger partial charge in [0.1, 0.15) is 5.84 Å². The van der Waals surface area contributed by atoms with Crippen LogP contribution in [0.4, 0.5) is 11.4 Å². The van der Waals surface area contributed by atoms with Gasteiger partial charge in [-0.25, -0.2) is 9.98 Å². The standard InChI is InChI=1S/C24H23N3/c1-15-9-11-17(3)21(13-15)25-23-19-7-5-6-8-20(19)24(27-23)26-22-14-16(2)10-12-18(22)4/h5-14H,1-4H3,(H,25,26,27). The molecule has 1 heterocycles. The lowest BCUT2D eigenvalue weighted by molar-refractivity contribution is 1.34. The molecule has 3 aromatic rings. The number of nitrogens with zero attached hydrogens (tertiary/aromatic N) is 2. The summed E-state index contributed by atoms with van der Waals surface area (Å²) >= 11 is 0. The summed E-state index contributed by atoms with van der Waals surface area (Å²) in [4.78, 5) is 9.72. The van der Waals surface area contributed by atoms with E-state index in [9.17, 15) is 0 Å². The van der Waals surface area contributed by atoms with Gasteiger partial charge in [-0.2, -0.15) is 0 Å². The zero-order valence-corrected chi connectivity index (χ0v) is 16.2. The third-order valence-electron chi connectivity index (χ3n) is 4.88. The predicted octanol–water partition coefficient (Wildman–Crippen LogP) is 5.87. The van der Waals surface area contributed by atoms with Gasteiger partial charge in [0.15, 0.2) is 5.84 Å². The number of benzene rings is 3. The summed E-state index contributed by atoms with van der Waals surface area (Å²) in [7, 11) is 0. The maximum Gasteiger partial charge on any atom is 0.162 e. The van der Waals surface area contributed by atoms with Gasteiger partial charge in [-0.1, -0.05) is 48.5 Å². The van der Waals surface area contributed by atoms with Crippen molar-refractivity contribution in [3.63, 3.8) is 0 Å². The summed E-state index contributed by atoms with van der Waals surface area (Å²) in [5.41, 5.74) is 8.96. The first-order valence-corrected chi connectivity index (χ1v) is 9.20. The lowest BCUT2D eigenvalue weighted by Gasteiger charge is -2.10. The lowest BCUT2D eigenvalue weighted by Crippen LogP contribution is -2.12. The molecule has 0 fully saturated rings. The maximum atomic E-state index is 4.88. The number of anilines is 1. The Balaban J connectivity index is 1.79. The molecule has 0 aromatic heterocycles. The van der Waals surface area contributed by atoms with Crippen molar-refractivity contribution in [2.45, 2.75) is 27.7 Å². The summed E-state index contributed by atoms with van der Waals surface area (Å²) in [5.74, 6) is 1.61. The van der Waals surface area contributed by atoms with E-state index in [1.54, 1.807) is 0 Å². The molecule has 1 aliphatic heterocycles. The number of hydrogen-bond donors (Lipinski definition) is 1. The van der Waals surface area contributed by atoms with Gasteiger partial charge in [0, 0.05) is 16.8 Å². The highest BCUT2D eigenvalue weighted by atomic mass is 15.1. The Hall–Kier alpha value is -3.20. The number of fused-ring (bicyclic) bond motifs is 1. The van der Waals surface area contributed by atoms with E-state index in [1.807, 2.05) is 12.1 Å². The highest BCUT2D eigenvalue weighted by Gasteiger charge is 2.22. The first-order valence-electron chi connectivity index (χ1n) is 9.20. The number of amidine groups is 2. The van der Waals surface area contributed by atoms with Crippen LogP contribution in [0.5, 0.6) is 0 Å². The fourth-order valence-corrected chi connectivity index (χ4v) is 3.24. The van der Waals surface area contributed by atoms with Gasteiger partial charge in [-0.05, 0) is 62.1 Å². The van der Waals surface area contributed by atoms with Crippen LogP contribution in [-0.2, 0) is 0 Å². The van der Waals surface area contributed by atoms with Gasteiger partial charge in [0.05, 0.1) is 5.69 Å². The molecule has 1 aliphatic rings. The molecule has 0 aliphatic carbocycles. The molecule has 0 bridgehead atoms. The number of aryl methyl sites for hydroxylation is 4. The molecule has 0 spiro atoms. The minimum Gasteiger partial charge on any atom is -0.339 e. The minimum atomic E-state index is 0.757. The van der Waals surface area contributed by atoms with Crippen molar-refractivity contribution in [1.82, 2.24) is 0 Å². The van der Waals surface area contributed by atoms with Crippen molar-refractivity contribution in [3.05, 3.63) is 94.0 Å². The maximum absolute atomic E-state index is 4.88. The zero-order valence-electron chi connectivity index (χ0n) is 16.2. The average Bonchev–Trinajstić information content (AvgIpc) is 2.99. The fraction of sp³-hybridized carbons (Fsp3) is 0.167. The molecule has 3 nitrogen and oxygen atoms in total. The predicted molar refractivity (Wildman–Crippen MR) is 115 cm³/mol. The molecule has 0 unspecified atom stereocenters. The lowest BCUT2D eigenvalue weighted by atomic mass is 10.1. The molecular formula is C24H23N3. The third-order valence-corrected chi connectivity index (χ3v) is 4.88. The van der Waals surface area contributed by atoms with E-state index < -0.39 is 0 Å². The van der Waals surface area contributed by atoms with Crippen LogP contribution in [-0.4, -0.2) is 11.7 Å². The molecular weight excluding hydrogens is 330 g/mol. The minimum absolute atomic E-state index is 0.757. The summed E-state index contributed by atoms with van der Waals surface area (Å²) < 4.78 is 0. The van der Waals surface area contributed by atoms with Crippen LogP contribution >= 0.6 is 0 Å². The smallest absolute Gasteiger partial charge is 0.162 e. The molecule has 3 aromatic carbocycles. The van der Waals surface area contributed by atoms with Gasteiger partial charge >= 0.3 is 0 Å². The third kappa shape index (κ3) is 3.41.